The highest BCUT2D eigenvalue weighted by molar-refractivity contribution is 6.05. The molecular weight excluding hydrogens is 416 g/mol. The molecule has 0 bridgehead atoms. The number of carbonyl (C=O) groups is 2. The largest absolute Gasteiger partial charge is 0.497 e. The number of hydrogen-bond acceptors (Lipinski definition) is 7. The fraction of sp³-hybridized carbons (Fsp3) is 0.0455. The van der Waals surface area contributed by atoms with E-state index in [2.05, 4.69) is 15.8 Å². The molecule has 0 radical (unpaired) electrons. The molecule has 162 valence electrons. The van der Waals surface area contributed by atoms with Crippen molar-refractivity contribution < 1.29 is 23.7 Å². The smallest absolute Gasteiger partial charge is 0.433 e. The van der Waals surface area contributed by atoms with Gasteiger partial charge >= 0.3 is 5.88 Å². The first-order valence-corrected chi connectivity index (χ1v) is 9.26. The van der Waals surface area contributed by atoms with Crippen LogP contribution in [0.25, 0.3) is 6.08 Å². The minimum Gasteiger partial charge on any atom is -0.497 e. The molecule has 10 nitrogen and oxygen atoms in total. The number of nitro groups is 1. The number of nitrogens with zero attached hydrogens (tertiary/aromatic N) is 2. The zero-order chi connectivity index (χ0) is 22.9. The predicted octanol–water partition coefficient (Wildman–Crippen LogP) is 3.12. The molecule has 0 atom stereocenters. The molecule has 10 heteroatoms. The van der Waals surface area contributed by atoms with Gasteiger partial charge in [0.2, 0.25) is 0 Å². The van der Waals surface area contributed by atoms with E-state index in [1.165, 1.54) is 19.3 Å². The second-order valence-corrected chi connectivity index (χ2v) is 6.28. The average molecular weight is 434 g/mol. The number of nitrogens with one attached hydrogen (secondary N) is 2. The van der Waals surface area contributed by atoms with Gasteiger partial charge in [0, 0.05) is 5.56 Å². The Balaban J connectivity index is 1.78. The topological polar surface area (TPSA) is 136 Å². The molecule has 0 aliphatic heterocycles. The normalized spacial score (nSPS) is 11.2. The number of amides is 2. The Bertz CT molecular complexity index is 1170. The molecule has 2 N–H and O–H groups in total. The third-order valence-corrected chi connectivity index (χ3v) is 4.11. The Kier molecular flexibility index (Phi) is 7.10. The van der Waals surface area contributed by atoms with E-state index in [1.807, 2.05) is 0 Å². The lowest BCUT2D eigenvalue weighted by Gasteiger charge is -2.09. The lowest BCUT2D eigenvalue weighted by atomic mass is 10.1. The van der Waals surface area contributed by atoms with Gasteiger partial charge in [-0.05, 0) is 42.0 Å². The van der Waals surface area contributed by atoms with Crippen molar-refractivity contribution in [3.63, 3.8) is 0 Å². The molecule has 1 aromatic heterocycles. The Labute approximate surface area is 182 Å². The van der Waals surface area contributed by atoms with E-state index in [0.717, 1.165) is 12.3 Å². The van der Waals surface area contributed by atoms with Gasteiger partial charge in [0.1, 0.15) is 16.4 Å². The summed E-state index contributed by atoms with van der Waals surface area (Å²) in [7, 11) is 1.54. The molecule has 0 aliphatic rings. The molecule has 2 aromatic carbocycles. The molecule has 3 rings (SSSR count). The first-order valence-electron chi connectivity index (χ1n) is 9.26. The Morgan fingerprint density at radius 1 is 1.06 bits per heavy atom. The lowest BCUT2D eigenvalue weighted by molar-refractivity contribution is -0.402. The highest BCUT2D eigenvalue weighted by Crippen LogP contribution is 2.15. The van der Waals surface area contributed by atoms with Crippen molar-refractivity contribution in [1.29, 1.82) is 0 Å². The van der Waals surface area contributed by atoms with Crippen molar-refractivity contribution >= 4 is 30.0 Å². The van der Waals surface area contributed by atoms with Crippen molar-refractivity contribution in [1.82, 2.24) is 10.7 Å². The van der Waals surface area contributed by atoms with Crippen LogP contribution in [-0.2, 0) is 4.79 Å². The molecule has 0 unspecified atom stereocenters. The van der Waals surface area contributed by atoms with E-state index in [0.29, 0.717) is 16.9 Å². The molecule has 3 aromatic rings. The SMILES string of the molecule is COc1ccc(/C=C(/NC(=O)c2ccccc2)C(=O)N/N=C/c2ccc([N+](=O)[O-])o2)cc1. The molecule has 0 saturated carbocycles. The fourth-order valence-electron chi connectivity index (χ4n) is 2.53. The van der Waals surface area contributed by atoms with E-state index in [1.54, 1.807) is 54.6 Å². The zero-order valence-electron chi connectivity index (χ0n) is 16.8. The number of carbonyl (C=O) groups excluding carboxylic acids is 2. The van der Waals surface area contributed by atoms with Crippen LogP contribution in [0, 0.1) is 10.1 Å². The van der Waals surface area contributed by atoms with E-state index >= 15 is 0 Å². The summed E-state index contributed by atoms with van der Waals surface area (Å²) in [6.07, 6.45) is 2.58. The molecule has 0 aliphatic carbocycles. The minimum absolute atomic E-state index is 0.0633. The standard InChI is InChI=1S/C22H18N4O6/c1-31-17-9-7-15(8-10-17)13-19(24-21(27)16-5-3-2-4-6-16)22(28)25-23-14-18-11-12-20(32-18)26(29)30/h2-14H,1H3,(H,24,27)(H,25,28)/b19-13+,23-14+. The van der Waals surface area contributed by atoms with E-state index in [-0.39, 0.29) is 11.5 Å². The third-order valence-electron chi connectivity index (χ3n) is 4.11. The molecule has 1 heterocycles. The Hall–Kier alpha value is -4.73. The molecule has 2 amide bonds. The predicted molar refractivity (Wildman–Crippen MR) is 116 cm³/mol. The van der Waals surface area contributed by atoms with Crippen LogP contribution in [0.5, 0.6) is 5.75 Å². The van der Waals surface area contributed by atoms with Crippen LogP contribution >= 0.6 is 0 Å². The van der Waals surface area contributed by atoms with Gasteiger partial charge < -0.3 is 14.5 Å². The monoisotopic (exact) mass is 434 g/mol. The minimum atomic E-state index is -0.706. The number of rotatable bonds is 8. The fourth-order valence-corrected chi connectivity index (χ4v) is 2.53. The second-order valence-electron chi connectivity index (χ2n) is 6.28. The van der Waals surface area contributed by atoms with Crippen molar-refractivity contribution in [2.75, 3.05) is 7.11 Å². The van der Waals surface area contributed by atoms with Crippen LogP contribution in [0.15, 0.2) is 81.9 Å². The highest BCUT2D eigenvalue weighted by Gasteiger charge is 2.15. The summed E-state index contributed by atoms with van der Waals surface area (Å²) in [4.78, 5) is 35.2. The summed E-state index contributed by atoms with van der Waals surface area (Å²) in [6.45, 7) is 0. The van der Waals surface area contributed by atoms with Gasteiger partial charge in [-0.15, -0.1) is 0 Å². The van der Waals surface area contributed by atoms with Gasteiger partial charge in [0.25, 0.3) is 11.8 Å². The number of hydrazone groups is 1. The maximum Gasteiger partial charge on any atom is 0.433 e. The molecule has 0 spiro atoms. The first kappa shape index (κ1) is 22.0. The summed E-state index contributed by atoms with van der Waals surface area (Å²) in [5.41, 5.74) is 3.20. The lowest BCUT2D eigenvalue weighted by Crippen LogP contribution is -2.32. The second kappa shape index (κ2) is 10.3. The van der Waals surface area contributed by atoms with Gasteiger partial charge in [-0.2, -0.15) is 5.10 Å². The van der Waals surface area contributed by atoms with Crippen LogP contribution in [0.1, 0.15) is 21.7 Å². The summed E-state index contributed by atoms with van der Waals surface area (Å²) in [5.74, 6) is -0.925. The molecule has 0 fully saturated rings. The summed E-state index contributed by atoms with van der Waals surface area (Å²) >= 11 is 0. The molecular formula is C22H18N4O6. The summed E-state index contributed by atoms with van der Waals surface area (Å²) < 4.78 is 10.0. The van der Waals surface area contributed by atoms with Gasteiger partial charge in [-0.3, -0.25) is 19.7 Å². The van der Waals surface area contributed by atoms with Gasteiger partial charge in [0.05, 0.1) is 19.4 Å². The molecule has 0 saturated heterocycles. The zero-order valence-corrected chi connectivity index (χ0v) is 16.8. The van der Waals surface area contributed by atoms with Crippen molar-refractivity contribution in [3.8, 4) is 5.75 Å². The van der Waals surface area contributed by atoms with E-state index in [4.69, 9.17) is 9.15 Å². The van der Waals surface area contributed by atoms with E-state index < -0.39 is 22.6 Å². The number of furan rings is 1. The Morgan fingerprint density at radius 3 is 2.41 bits per heavy atom. The number of benzene rings is 2. The number of methoxy groups -OCH3 is 1. The van der Waals surface area contributed by atoms with E-state index in [9.17, 15) is 19.7 Å². The van der Waals surface area contributed by atoms with Crippen LogP contribution in [0.3, 0.4) is 0 Å². The van der Waals surface area contributed by atoms with Crippen LogP contribution in [0.2, 0.25) is 0 Å². The van der Waals surface area contributed by atoms with Crippen molar-refractivity contribution in [2.24, 2.45) is 5.10 Å². The maximum absolute atomic E-state index is 12.7. The number of ether oxygens (including phenoxy) is 1. The number of hydrogen-bond donors (Lipinski definition) is 2. The third kappa shape index (κ3) is 5.89. The first-order chi connectivity index (χ1) is 15.5. The van der Waals surface area contributed by atoms with Crippen molar-refractivity contribution in [3.05, 3.63) is 99.4 Å². The molecule has 32 heavy (non-hydrogen) atoms. The van der Waals surface area contributed by atoms with Crippen LogP contribution < -0.4 is 15.5 Å². The van der Waals surface area contributed by atoms with Crippen molar-refractivity contribution in [2.45, 2.75) is 0 Å². The summed E-state index contributed by atoms with van der Waals surface area (Å²) in [6, 6.07) is 17.7. The summed E-state index contributed by atoms with van der Waals surface area (Å²) in [5, 5.41) is 17.0. The average Bonchev–Trinajstić information content (AvgIpc) is 3.29. The quantitative estimate of drug-likeness (QED) is 0.242. The van der Waals surface area contributed by atoms with Crippen LogP contribution in [-0.4, -0.2) is 30.1 Å². The van der Waals surface area contributed by atoms with Gasteiger partial charge in [0.15, 0.2) is 5.76 Å². The van der Waals surface area contributed by atoms with Gasteiger partial charge in [-0.1, -0.05) is 30.3 Å². The highest BCUT2D eigenvalue weighted by atomic mass is 16.6. The van der Waals surface area contributed by atoms with Gasteiger partial charge in [-0.25, -0.2) is 5.43 Å². The Morgan fingerprint density at radius 2 is 1.78 bits per heavy atom. The van der Waals surface area contributed by atoms with Crippen LogP contribution in [0.4, 0.5) is 5.88 Å². The maximum atomic E-state index is 12.7.